The summed E-state index contributed by atoms with van der Waals surface area (Å²) < 4.78 is 16.7. The van der Waals surface area contributed by atoms with Crippen molar-refractivity contribution in [3.63, 3.8) is 0 Å². The van der Waals surface area contributed by atoms with Gasteiger partial charge in [0.2, 0.25) is 0 Å². The minimum absolute atomic E-state index is 0.0650. The van der Waals surface area contributed by atoms with Gasteiger partial charge in [0.15, 0.2) is 6.10 Å². The molecule has 6 heteroatoms. The first-order valence-electron chi connectivity index (χ1n) is 23.7. The fraction of sp³-hybridized carbons (Fsp3) is 0.938. The van der Waals surface area contributed by atoms with E-state index in [-0.39, 0.29) is 31.1 Å². The number of carbonyl (C=O) groups excluding carboxylic acids is 3. The molecule has 54 heavy (non-hydrogen) atoms. The average molecular weight is 765 g/mol. The van der Waals surface area contributed by atoms with Crippen molar-refractivity contribution in [3.8, 4) is 0 Å². The lowest BCUT2D eigenvalue weighted by Gasteiger charge is -2.18. The van der Waals surface area contributed by atoms with Crippen LogP contribution in [0.5, 0.6) is 0 Å². The van der Waals surface area contributed by atoms with Crippen LogP contribution in [-0.4, -0.2) is 37.2 Å². The molecule has 0 saturated heterocycles. The SMILES string of the molecule is CCCCCCCCCCCCCCC(=O)OC[C@@H](COC(=O)CCCCCCCCC(C)C)OC(=O)CCCCCCCCCCCCCCC(C)C. The van der Waals surface area contributed by atoms with Gasteiger partial charge in [0.1, 0.15) is 13.2 Å². The van der Waals surface area contributed by atoms with Crippen LogP contribution in [0.3, 0.4) is 0 Å². The first kappa shape index (κ1) is 52.4. The molecule has 6 nitrogen and oxygen atoms in total. The third-order valence-corrected chi connectivity index (χ3v) is 10.7. The average Bonchev–Trinajstić information content (AvgIpc) is 3.14. The summed E-state index contributed by atoms with van der Waals surface area (Å²) in [7, 11) is 0. The molecule has 0 aromatic heterocycles. The van der Waals surface area contributed by atoms with Crippen LogP contribution in [0.1, 0.15) is 259 Å². The highest BCUT2D eigenvalue weighted by Gasteiger charge is 2.19. The lowest BCUT2D eigenvalue weighted by molar-refractivity contribution is -0.167. The maximum atomic E-state index is 12.7. The van der Waals surface area contributed by atoms with Crippen LogP contribution in [0, 0.1) is 11.8 Å². The van der Waals surface area contributed by atoms with Crippen molar-refractivity contribution in [2.75, 3.05) is 13.2 Å². The molecule has 0 fully saturated rings. The normalized spacial score (nSPS) is 12.1. The monoisotopic (exact) mass is 765 g/mol. The third kappa shape index (κ3) is 41.6. The second kappa shape index (κ2) is 41.1. The molecule has 320 valence electrons. The van der Waals surface area contributed by atoms with Crippen molar-refractivity contribution in [2.24, 2.45) is 11.8 Å². The predicted molar refractivity (Wildman–Crippen MR) is 229 cm³/mol. The van der Waals surface area contributed by atoms with Crippen LogP contribution in [-0.2, 0) is 28.6 Å². The Labute approximate surface area is 336 Å². The summed E-state index contributed by atoms with van der Waals surface area (Å²) in [6.45, 7) is 11.3. The smallest absolute Gasteiger partial charge is 0.306 e. The van der Waals surface area contributed by atoms with Gasteiger partial charge in [-0.2, -0.15) is 0 Å². The lowest BCUT2D eigenvalue weighted by atomic mass is 10.0. The zero-order valence-corrected chi connectivity index (χ0v) is 36.8. The Balaban J connectivity index is 4.30. The summed E-state index contributed by atoms with van der Waals surface area (Å²) in [6.07, 6.45) is 39.5. The molecule has 0 rings (SSSR count). The Kier molecular flexibility index (Phi) is 39.8. The molecule has 0 amide bonds. The number of ether oxygens (including phenoxy) is 3. The minimum Gasteiger partial charge on any atom is -0.462 e. The molecule has 0 aliphatic carbocycles. The zero-order valence-electron chi connectivity index (χ0n) is 36.8. The zero-order chi connectivity index (χ0) is 39.7. The largest absolute Gasteiger partial charge is 0.462 e. The molecule has 0 unspecified atom stereocenters. The molecule has 0 aromatic rings. The Morgan fingerprint density at radius 3 is 0.907 bits per heavy atom. The fourth-order valence-corrected chi connectivity index (χ4v) is 7.11. The van der Waals surface area contributed by atoms with Gasteiger partial charge >= 0.3 is 17.9 Å². The summed E-state index contributed by atoms with van der Waals surface area (Å²) in [5.41, 5.74) is 0. The van der Waals surface area contributed by atoms with E-state index in [1.54, 1.807) is 0 Å². The van der Waals surface area contributed by atoms with Crippen LogP contribution in [0.4, 0.5) is 0 Å². The van der Waals surface area contributed by atoms with Crippen molar-refractivity contribution in [1.82, 2.24) is 0 Å². The molecular weight excluding hydrogens is 673 g/mol. The molecular formula is C48H92O6. The van der Waals surface area contributed by atoms with Crippen molar-refractivity contribution < 1.29 is 28.6 Å². The molecule has 0 bridgehead atoms. The maximum absolute atomic E-state index is 12.7. The van der Waals surface area contributed by atoms with E-state index in [0.717, 1.165) is 69.6 Å². The highest BCUT2D eigenvalue weighted by atomic mass is 16.6. The molecule has 0 radical (unpaired) electrons. The van der Waals surface area contributed by atoms with E-state index in [0.29, 0.717) is 19.3 Å². The van der Waals surface area contributed by atoms with Gasteiger partial charge in [-0.05, 0) is 31.1 Å². The minimum atomic E-state index is -0.761. The summed E-state index contributed by atoms with van der Waals surface area (Å²) >= 11 is 0. The van der Waals surface area contributed by atoms with Crippen molar-refractivity contribution in [1.29, 1.82) is 0 Å². The van der Waals surface area contributed by atoms with Crippen molar-refractivity contribution in [3.05, 3.63) is 0 Å². The van der Waals surface area contributed by atoms with Gasteiger partial charge in [0.05, 0.1) is 0 Å². The van der Waals surface area contributed by atoms with Crippen LogP contribution >= 0.6 is 0 Å². The van der Waals surface area contributed by atoms with Crippen LogP contribution in [0.2, 0.25) is 0 Å². The van der Waals surface area contributed by atoms with Gasteiger partial charge in [-0.3, -0.25) is 14.4 Å². The predicted octanol–water partition coefficient (Wildman–Crippen LogP) is 15.0. The number of hydrogen-bond donors (Lipinski definition) is 0. The summed E-state index contributed by atoms with van der Waals surface area (Å²) in [4.78, 5) is 37.7. The molecule has 1 atom stereocenters. The van der Waals surface area contributed by atoms with Gasteiger partial charge in [-0.15, -0.1) is 0 Å². The first-order valence-corrected chi connectivity index (χ1v) is 23.7. The topological polar surface area (TPSA) is 78.9 Å². The molecule has 0 aliphatic heterocycles. The standard InChI is InChI=1S/C48H92O6/c1-6-7-8-9-10-11-12-16-19-22-28-33-38-46(49)52-41-45(42-53-47(50)39-34-29-25-24-27-32-37-44(4)5)54-48(51)40-35-30-23-20-17-14-13-15-18-21-26-31-36-43(2)3/h43-45H,6-42H2,1-5H3/t45-/m0/s1. The number of hydrogen-bond acceptors (Lipinski definition) is 6. The summed E-state index contributed by atoms with van der Waals surface area (Å²) in [5, 5.41) is 0. The highest BCUT2D eigenvalue weighted by Crippen LogP contribution is 2.17. The van der Waals surface area contributed by atoms with Crippen LogP contribution in [0.15, 0.2) is 0 Å². The summed E-state index contributed by atoms with van der Waals surface area (Å²) in [6, 6.07) is 0. The Morgan fingerprint density at radius 2 is 0.611 bits per heavy atom. The van der Waals surface area contributed by atoms with Gasteiger partial charge in [0.25, 0.3) is 0 Å². The Morgan fingerprint density at radius 1 is 0.352 bits per heavy atom. The Hall–Kier alpha value is -1.59. The Bertz CT molecular complexity index is 824. The third-order valence-electron chi connectivity index (χ3n) is 10.7. The first-order chi connectivity index (χ1) is 26.2. The van der Waals surface area contributed by atoms with Gasteiger partial charge in [0, 0.05) is 19.3 Å². The van der Waals surface area contributed by atoms with Gasteiger partial charge in [-0.1, -0.05) is 221 Å². The van der Waals surface area contributed by atoms with Gasteiger partial charge in [-0.25, -0.2) is 0 Å². The van der Waals surface area contributed by atoms with Crippen molar-refractivity contribution in [2.45, 2.75) is 265 Å². The van der Waals surface area contributed by atoms with Crippen LogP contribution in [0.25, 0.3) is 0 Å². The molecule has 0 aliphatic rings. The van der Waals surface area contributed by atoms with E-state index in [2.05, 4.69) is 34.6 Å². The number of rotatable bonds is 42. The highest BCUT2D eigenvalue weighted by molar-refractivity contribution is 5.71. The maximum Gasteiger partial charge on any atom is 0.306 e. The molecule has 0 aromatic carbocycles. The van der Waals surface area contributed by atoms with E-state index in [4.69, 9.17) is 14.2 Å². The van der Waals surface area contributed by atoms with E-state index in [9.17, 15) is 14.4 Å². The second-order valence-corrected chi connectivity index (χ2v) is 17.3. The second-order valence-electron chi connectivity index (χ2n) is 17.3. The van der Waals surface area contributed by atoms with Gasteiger partial charge < -0.3 is 14.2 Å². The molecule has 0 spiro atoms. The van der Waals surface area contributed by atoms with Crippen LogP contribution < -0.4 is 0 Å². The van der Waals surface area contributed by atoms with E-state index in [1.807, 2.05) is 0 Å². The van der Waals surface area contributed by atoms with E-state index < -0.39 is 6.10 Å². The van der Waals surface area contributed by atoms with E-state index >= 15 is 0 Å². The quantitative estimate of drug-likeness (QED) is 0.0350. The van der Waals surface area contributed by atoms with E-state index in [1.165, 1.54) is 148 Å². The molecule has 0 heterocycles. The molecule has 0 saturated carbocycles. The number of unbranched alkanes of at least 4 members (excludes halogenated alkanes) is 27. The number of carbonyl (C=O) groups is 3. The molecule has 0 N–H and O–H groups in total. The number of esters is 3. The van der Waals surface area contributed by atoms with Crippen molar-refractivity contribution >= 4 is 17.9 Å². The summed E-state index contributed by atoms with van der Waals surface area (Å²) in [5.74, 6) is 0.737. The fourth-order valence-electron chi connectivity index (χ4n) is 7.11. The lowest BCUT2D eigenvalue weighted by Crippen LogP contribution is -2.30.